The molecule has 1 aromatic carbocycles. The lowest BCUT2D eigenvalue weighted by Gasteiger charge is -2.31. The molecule has 2 aromatic rings. The molecular formula is C18H22ClN3. The van der Waals surface area contributed by atoms with E-state index < -0.39 is 0 Å². The minimum absolute atomic E-state index is 0.193. The monoisotopic (exact) mass is 315 g/mol. The number of aryl methyl sites for hydroxylation is 1. The van der Waals surface area contributed by atoms with Crippen LogP contribution in [0.4, 0.5) is 0 Å². The van der Waals surface area contributed by atoms with Crippen molar-refractivity contribution in [2.24, 2.45) is 0 Å². The largest absolute Gasteiger partial charge is 0.315 e. The number of benzene rings is 1. The molecule has 4 heteroatoms. The Hall–Kier alpha value is -1.42. The maximum atomic E-state index is 6.07. The number of nitrogens with one attached hydrogen (secondary N) is 1. The van der Waals surface area contributed by atoms with Gasteiger partial charge in [0.1, 0.15) is 0 Å². The van der Waals surface area contributed by atoms with Crippen molar-refractivity contribution in [2.45, 2.75) is 19.4 Å². The van der Waals surface area contributed by atoms with Gasteiger partial charge >= 0.3 is 0 Å². The van der Waals surface area contributed by atoms with Gasteiger partial charge in [-0.1, -0.05) is 29.8 Å². The summed E-state index contributed by atoms with van der Waals surface area (Å²) in [4.78, 5) is 7.21. The van der Waals surface area contributed by atoms with Crippen LogP contribution in [0, 0.1) is 6.92 Å². The van der Waals surface area contributed by atoms with Crippen molar-refractivity contribution < 1.29 is 0 Å². The van der Waals surface area contributed by atoms with Gasteiger partial charge in [-0.05, 0) is 49.2 Å². The van der Waals surface area contributed by atoms with E-state index in [0.29, 0.717) is 0 Å². The fourth-order valence-electron chi connectivity index (χ4n) is 3.10. The summed E-state index contributed by atoms with van der Waals surface area (Å²) in [5, 5.41) is 4.25. The van der Waals surface area contributed by atoms with Gasteiger partial charge in [-0.25, -0.2) is 0 Å². The first-order valence-electron chi connectivity index (χ1n) is 7.87. The highest BCUT2D eigenvalue weighted by atomic mass is 35.5. The van der Waals surface area contributed by atoms with Gasteiger partial charge in [-0.15, -0.1) is 0 Å². The minimum atomic E-state index is 0.193. The average Bonchev–Trinajstić information content (AvgIpc) is 2.80. The van der Waals surface area contributed by atoms with Crippen LogP contribution in [0.2, 0.25) is 5.02 Å². The number of rotatable bonds is 3. The van der Waals surface area contributed by atoms with E-state index in [2.05, 4.69) is 40.3 Å². The molecule has 116 valence electrons. The van der Waals surface area contributed by atoms with Crippen LogP contribution in [0.1, 0.15) is 29.3 Å². The number of aromatic nitrogens is 1. The molecule has 22 heavy (non-hydrogen) atoms. The fourth-order valence-corrected chi connectivity index (χ4v) is 3.22. The van der Waals surface area contributed by atoms with Crippen molar-refractivity contribution in [3.8, 4) is 0 Å². The lowest BCUT2D eigenvalue weighted by Crippen LogP contribution is -2.33. The van der Waals surface area contributed by atoms with Gasteiger partial charge in [0.05, 0.1) is 11.7 Å². The van der Waals surface area contributed by atoms with Crippen LogP contribution in [0.5, 0.6) is 0 Å². The van der Waals surface area contributed by atoms with Gasteiger partial charge in [-0.3, -0.25) is 9.88 Å². The summed E-state index contributed by atoms with van der Waals surface area (Å²) in [5.74, 6) is 0. The van der Waals surface area contributed by atoms with Crippen LogP contribution in [0.15, 0.2) is 42.6 Å². The lowest BCUT2D eigenvalue weighted by molar-refractivity contribution is 0.236. The van der Waals surface area contributed by atoms with Gasteiger partial charge < -0.3 is 5.32 Å². The fraction of sp³-hybridized carbons (Fsp3) is 0.389. The van der Waals surface area contributed by atoms with Gasteiger partial charge in [-0.2, -0.15) is 0 Å². The van der Waals surface area contributed by atoms with Crippen LogP contribution in [-0.4, -0.2) is 36.1 Å². The molecule has 0 amide bonds. The molecule has 3 rings (SSSR count). The van der Waals surface area contributed by atoms with Gasteiger partial charge in [0.2, 0.25) is 0 Å². The third kappa shape index (κ3) is 3.49. The molecule has 1 saturated heterocycles. The summed E-state index contributed by atoms with van der Waals surface area (Å²) < 4.78 is 0. The van der Waals surface area contributed by atoms with Gasteiger partial charge in [0, 0.05) is 30.9 Å². The molecule has 0 saturated carbocycles. The van der Waals surface area contributed by atoms with E-state index in [1.165, 1.54) is 11.1 Å². The quantitative estimate of drug-likeness (QED) is 0.940. The molecule has 2 heterocycles. The first kappa shape index (κ1) is 15.5. The minimum Gasteiger partial charge on any atom is -0.315 e. The standard InChI is InChI=1S/C18H22ClN3/c1-14-4-2-10-21-17(14)18(15-5-7-16(19)8-6-15)22-12-3-9-20-11-13-22/h2,4-8,10,18,20H,3,9,11-13H2,1H3. The first-order chi connectivity index (χ1) is 10.8. The SMILES string of the molecule is Cc1cccnc1C(c1ccc(Cl)cc1)N1CCCNCC1. The Morgan fingerprint density at radius 2 is 1.95 bits per heavy atom. The Labute approximate surface area is 137 Å². The van der Waals surface area contributed by atoms with Crippen molar-refractivity contribution in [1.82, 2.24) is 15.2 Å². The summed E-state index contributed by atoms with van der Waals surface area (Å²) in [6.07, 6.45) is 3.05. The molecular weight excluding hydrogens is 294 g/mol. The van der Waals surface area contributed by atoms with Crippen molar-refractivity contribution in [3.63, 3.8) is 0 Å². The predicted octanol–water partition coefficient (Wildman–Crippen LogP) is 3.43. The second-order valence-corrected chi connectivity index (χ2v) is 6.24. The Balaban J connectivity index is 2.01. The molecule has 0 aliphatic carbocycles. The molecule has 1 N–H and O–H groups in total. The molecule has 1 atom stereocenters. The van der Waals surface area contributed by atoms with E-state index in [9.17, 15) is 0 Å². The Morgan fingerprint density at radius 1 is 1.14 bits per heavy atom. The molecule has 3 nitrogen and oxygen atoms in total. The molecule has 1 aliphatic rings. The molecule has 1 aromatic heterocycles. The number of hydrogen-bond acceptors (Lipinski definition) is 3. The average molecular weight is 316 g/mol. The van der Waals surface area contributed by atoms with Crippen LogP contribution in [0.25, 0.3) is 0 Å². The summed E-state index contributed by atoms with van der Waals surface area (Å²) in [7, 11) is 0. The van der Waals surface area contributed by atoms with E-state index >= 15 is 0 Å². The molecule has 1 fully saturated rings. The van der Waals surface area contributed by atoms with Crippen molar-refractivity contribution in [3.05, 3.63) is 64.4 Å². The number of pyridine rings is 1. The third-order valence-corrected chi connectivity index (χ3v) is 4.49. The molecule has 1 aliphatic heterocycles. The number of nitrogens with zero attached hydrogens (tertiary/aromatic N) is 2. The zero-order valence-corrected chi connectivity index (χ0v) is 13.7. The highest BCUT2D eigenvalue weighted by molar-refractivity contribution is 6.30. The zero-order valence-electron chi connectivity index (χ0n) is 12.9. The maximum absolute atomic E-state index is 6.07. The highest BCUT2D eigenvalue weighted by Crippen LogP contribution is 2.30. The van der Waals surface area contributed by atoms with E-state index in [-0.39, 0.29) is 6.04 Å². The summed E-state index contributed by atoms with van der Waals surface area (Å²) in [5.41, 5.74) is 3.64. The normalized spacial score (nSPS) is 17.9. The molecule has 0 bridgehead atoms. The Kier molecular flexibility index (Phi) is 5.08. The van der Waals surface area contributed by atoms with Crippen molar-refractivity contribution in [2.75, 3.05) is 26.2 Å². The van der Waals surface area contributed by atoms with E-state index in [4.69, 9.17) is 11.6 Å². The topological polar surface area (TPSA) is 28.2 Å². The molecule has 0 spiro atoms. The smallest absolute Gasteiger partial charge is 0.0779 e. The van der Waals surface area contributed by atoms with Crippen molar-refractivity contribution >= 4 is 11.6 Å². The second-order valence-electron chi connectivity index (χ2n) is 5.80. The number of hydrogen-bond donors (Lipinski definition) is 1. The molecule has 1 unspecified atom stereocenters. The van der Waals surface area contributed by atoms with E-state index in [1.807, 2.05) is 24.4 Å². The van der Waals surface area contributed by atoms with Gasteiger partial charge in [0.15, 0.2) is 0 Å². The second kappa shape index (κ2) is 7.23. The first-order valence-corrected chi connectivity index (χ1v) is 8.25. The van der Waals surface area contributed by atoms with Crippen LogP contribution < -0.4 is 5.32 Å². The van der Waals surface area contributed by atoms with E-state index in [1.54, 1.807) is 0 Å². The highest BCUT2D eigenvalue weighted by Gasteiger charge is 2.25. The summed E-state index contributed by atoms with van der Waals surface area (Å²) in [6, 6.07) is 12.5. The maximum Gasteiger partial charge on any atom is 0.0779 e. The van der Waals surface area contributed by atoms with Crippen molar-refractivity contribution in [1.29, 1.82) is 0 Å². The van der Waals surface area contributed by atoms with E-state index in [0.717, 1.165) is 43.3 Å². The lowest BCUT2D eigenvalue weighted by atomic mass is 9.98. The summed E-state index contributed by atoms with van der Waals surface area (Å²) >= 11 is 6.07. The number of halogens is 1. The van der Waals surface area contributed by atoms with Crippen LogP contribution in [0.3, 0.4) is 0 Å². The van der Waals surface area contributed by atoms with Crippen LogP contribution in [-0.2, 0) is 0 Å². The summed E-state index contributed by atoms with van der Waals surface area (Å²) in [6.45, 7) is 6.36. The Morgan fingerprint density at radius 3 is 2.73 bits per heavy atom. The third-order valence-electron chi connectivity index (χ3n) is 4.23. The zero-order chi connectivity index (χ0) is 15.4. The predicted molar refractivity (Wildman–Crippen MR) is 91.3 cm³/mol. The van der Waals surface area contributed by atoms with Gasteiger partial charge in [0.25, 0.3) is 0 Å². The molecule has 0 radical (unpaired) electrons. The Bertz CT molecular complexity index is 604. The van der Waals surface area contributed by atoms with Crippen LogP contribution >= 0.6 is 11.6 Å².